The van der Waals surface area contributed by atoms with E-state index in [2.05, 4.69) is 23.5 Å². The molecule has 2 atom stereocenters. The minimum Gasteiger partial charge on any atom is -0.497 e. The molecule has 188 valence electrons. The fraction of sp³-hybridized carbons (Fsp3) is 0.321. The maximum absolute atomic E-state index is 13.6. The molecule has 1 aliphatic heterocycles. The van der Waals surface area contributed by atoms with Gasteiger partial charge < -0.3 is 14.8 Å². The fourth-order valence-electron chi connectivity index (χ4n) is 4.85. The molecule has 5 rings (SSSR count). The van der Waals surface area contributed by atoms with Gasteiger partial charge in [0, 0.05) is 0 Å². The van der Waals surface area contributed by atoms with Gasteiger partial charge in [-0.1, -0.05) is 30.3 Å². The summed E-state index contributed by atoms with van der Waals surface area (Å²) >= 11 is 0. The molecular formula is C28H30N2O5S. The molecule has 0 unspecified atom stereocenters. The van der Waals surface area contributed by atoms with E-state index in [0.717, 1.165) is 18.4 Å². The van der Waals surface area contributed by atoms with Gasteiger partial charge in [0.25, 0.3) is 15.9 Å². The van der Waals surface area contributed by atoms with Crippen LogP contribution in [-0.4, -0.2) is 34.1 Å². The lowest BCUT2D eigenvalue weighted by atomic mass is 9.89. The number of methoxy groups -OCH3 is 1. The summed E-state index contributed by atoms with van der Waals surface area (Å²) in [6.07, 6.45) is 3.57. The molecule has 0 saturated heterocycles. The Kier molecular flexibility index (Phi) is 6.62. The standard InChI is InChI=1S/C28H30N2O5S/c1-19(21-12-11-20-7-3-4-8-22(20)17-21)29-28(31)27-18-30(25-9-5-6-10-26(25)35-27)36(32,33)24-15-13-23(34-2)14-16-24/h5-6,9-17,19,27H,3-4,7-8,18H2,1-2H3,(H,29,31)/t19-,27+/m0/s1. The number of nitrogens with zero attached hydrogens (tertiary/aromatic N) is 1. The number of benzene rings is 3. The first kappa shape index (κ1) is 24.2. The molecule has 7 nitrogen and oxygen atoms in total. The smallest absolute Gasteiger partial charge is 0.264 e. The van der Waals surface area contributed by atoms with E-state index in [4.69, 9.17) is 9.47 Å². The predicted molar refractivity (Wildman–Crippen MR) is 138 cm³/mol. The predicted octanol–water partition coefficient (Wildman–Crippen LogP) is 4.41. The fourth-order valence-corrected chi connectivity index (χ4v) is 6.33. The third-order valence-corrected chi connectivity index (χ3v) is 8.70. The lowest BCUT2D eigenvalue weighted by molar-refractivity contribution is -0.128. The van der Waals surface area contributed by atoms with Gasteiger partial charge in [0.1, 0.15) is 11.5 Å². The Bertz CT molecular complexity index is 1370. The summed E-state index contributed by atoms with van der Waals surface area (Å²) in [5, 5.41) is 3.03. The maximum Gasteiger partial charge on any atom is 0.264 e. The van der Waals surface area contributed by atoms with Crippen molar-refractivity contribution in [3.63, 3.8) is 0 Å². The molecule has 36 heavy (non-hydrogen) atoms. The summed E-state index contributed by atoms with van der Waals surface area (Å²) in [5.74, 6) is 0.553. The summed E-state index contributed by atoms with van der Waals surface area (Å²) in [6.45, 7) is 1.80. The lowest BCUT2D eigenvalue weighted by Crippen LogP contribution is -2.51. The third kappa shape index (κ3) is 4.65. The van der Waals surface area contributed by atoms with Crippen LogP contribution in [-0.2, 0) is 27.7 Å². The molecule has 0 saturated carbocycles. The van der Waals surface area contributed by atoms with Crippen molar-refractivity contribution in [3.8, 4) is 11.5 Å². The van der Waals surface area contributed by atoms with Crippen molar-refractivity contribution in [2.45, 2.75) is 49.6 Å². The molecule has 0 aromatic heterocycles. The molecule has 0 fully saturated rings. The highest BCUT2D eigenvalue weighted by molar-refractivity contribution is 7.92. The van der Waals surface area contributed by atoms with Gasteiger partial charge in [-0.2, -0.15) is 0 Å². The molecule has 3 aromatic carbocycles. The molecule has 0 bridgehead atoms. The zero-order valence-electron chi connectivity index (χ0n) is 20.4. The van der Waals surface area contributed by atoms with E-state index in [1.54, 1.807) is 36.4 Å². The molecule has 8 heteroatoms. The first-order valence-corrected chi connectivity index (χ1v) is 13.7. The van der Waals surface area contributed by atoms with Crippen molar-refractivity contribution in [1.82, 2.24) is 5.32 Å². The SMILES string of the molecule is COc1ccc(S(=O)(=O)N2C[C@H](C(=O)N[C@@H](C)c3ccc4c(c3)CCCC4)Oc3ccccc32)cc1. The van der Waals surface area contributed by atoms with Crippen molar-refractivity contribution >= 4 is 21.6 Å². The summed E-state index contributed by atoms with van der Waals surface area (Å²) in [5.41, 5.74) is 4.16. The number of fused-ring (bicyclic) bond motifs is 2. The van der Waals surface area contributed by atoms with Gasteiger partial charge in [-0.05, 0) is 85.7 Å². The van der Waals surface area contributed by atoms with E-state index in [0.29, 0.717) is 17.2 Å². The molecule has 1 N–H and O–H groups in total. The van der Waals surface area contributed by atoms with Crippen LogP contribution in [0.4, 0.5) is 5.69 Å². The van der Waals surface area contributed by atoms with Gasteiger partial charge in [-0.15, -0.1) is 0 Å². The number of amides is 1. The largest absolute Gasteiger partial charge is 0.497 e. The van der Waals surface area contributed by atoms with E-state index >= 15 is 0 Å². The first-order valence-electron chi connectivity index (χ1n) is 12.2. The van der Waals surface area contributed by atoms with Crippen LogP contribution in [0, 0.1) is 0 Å². The second-order valence-electron chi connectivity index (χ2n) is 9.25. The number of hydrogen-bond acceptors (Lipinski definition) is 5. The minimum atomic E-state index is -3.94. The average molecular weight is 507 g/mol. The van der Waals surface area contributed by atoms with Crippen LogP contribution in [0.25, 0.3) is 0 Å². The molecule has 0 radical (unpaired) electrons. The van der Waals surface area contributed by atoms with Crippen molar-refractivity contribution in [2.75, 3.05) is 18.0 Å². The number of anilines is 1. The number of hydrogen-bond donors (Lipinski definition) is 1. The Morgan fingerprint density at radius 2 is 1.75 bits per heavy atom. The van der Waals surface area contributed by atoms with E-state index in [9.17, 15) is 13.2 Å². The number of carbonyl (C=O) groups is 1. The van der Waals surface area contributed by atoms with Gasteiger partial charge in [0.05, 0.1) is 30.3 Å². The molecular weight excluding hydrogens is 476 g/mol. The zero-order chi connectivity index (χ0) is 25.3. The number of carbonyl (C=O) groups excluding carboxylic acids is 1. The summed E-state index contributed by atoms with van der Waals surface area (Å²) < 4.78 is 39.6. The normalized spacial score (nSPS) is 17.8. The van der Waals surface area contributed by atoms with Crippen LogP contribution in [0.3, 0.4) is 0 Å². The molecule has 1 heterocycles. The molecule has 1 aliphatic carbocycles. The molecule has 0 spiro atoms. The summed E-state index contributed by atoms with van der Waals surface area (Å²) in [6, 6.07) is 19.2. The highest BCUT2D eigenvalue weighted by atomic mass is 32.2. The Morgan fingerprint density at radius 3 is 2.50 bits per heavy atom. The molecule has 2 aliphatic rings. The van der Waals surface area contributed by atoms with Crippen molar-refractivity contribution in [2.24, 2.45) is 0 Å². The number of sulfonamides is 1. The van der Waals surface area contributed by atoms with Crippen molar-refractivity contribution in [3.05, 3.63) is 83.4 Å². The van der Waals surface area contributed by atoms with E-state index in [1.807, 2.05) is 6.92 Å². The van der Waals surface area contributed by atoms with E-state index in [1.165, 1.54) is 47.5 Å². The Hall–Kier alpha value is -3.52. The summed E-state index contributed by atoms with van der Waals surface area (Å²) in [4.78, 5) is 13.4. The van der Waals surface area contributed by atoms with Gasteiger partial charge in [-0.25, -0.2) is 8.42 Å². The Morgan fingerprint density at radius 1 is 1.03 bits per heavy atom. The second kappa shape index (κ2) is 9.85. The van der Waals surface area contributed by atoms with Gasteiger partial charge >= 0.3 is 0 Å². The van der Waals surface area contributed by atoms with Crippen LogP contribution in [0.2, 0.25) is 0 Å². The molecule has 3 aromatic rings. The average Bonchev–Trinajstić information content (AvgIpc) is 2.92. The number of nitrogens with one attached hydrogen (secondary N) is 1. The quantitative estimate of drug-likeness (QED) is 0.536. The van der Waals surface area contributed by atoms with E-state index < -0.39 is 16.1 Å². The number of rotatable bonds is 6. The van der Waals surface area contributed by atoms with Crippen LogP contribution >= 0.6 is 0 Å². The van der Waals surface area contributed by atoms with Crippen LogP contribution in [0.5, 0.6) is 11.5 Å². The Balaban J connectivity index is 1.38. The molecule has 1 amide bonds. The second-order valence-corrected chi connectivity index (χ2v) is 11.1. The monoisotopic (exact) mass is 506 g/mol. The lowest BCUT2D eigenvalue weighted by Gasteiger charge is -2.35. The zero-order valence-corrected chi connectivity index (χ0v) is 21.3. The highest BCUT2D eigenvalue weighted by Crippen LogP contribution is 2.37. The number of aryl methyl sites for hydroxylation is 2. The minimum absolute atomic E-state index is 0.113. The maximum atomic E-state index is 13.6. The Labute approximate surface area is 212 Å². The first-order chi connectivity index (χ1) is 17.4. The van der Waals surface area contributed by atoms with Crippen molar-refractivity contribution < 1.29 is 22.7 Å². The van der Waals surface area contributed by atoms with Crippen LogP contribution < -0.4 is 19.1 Å². The van der Waals surface area contributed by atoms with Gasteiger partial charge in [0.2, 0.25) is 0 Å². The topological polar surface area (TPSA) is 84.9 Å². The van der Waals surface area contributed by atoms with Gasteiger partial charge in [-0.3, -0.25) is 9.10 Å². The van der Waals surface area contributed by atoms with Crippen LogP contribution in [0.15, 0.2) is 71.6 Å². The van der Waals surface area contributed by atoms with Crippen LogP contribution in [0.1, 0.15) is 42.5 Å². The highest BCUT2D eigenvalue weighted by Gasteiger charge is 2.37. The third-order valence-electron chi connectivity index (χ3n) is 6.91. The summed E-state index contributed by atoms with van der Waals surface area (Å²) in [7, 11) is -2.42. The van der Waals surface area contributed by atoms with E-state index in [-0.39, 0.29) is 23.4 Å². The van der Waals surface area contributed by atoms with Crippen molar-refractivity contribution in [1.29, 1.82) is 0 Å². The number of para-hydroxylation sites is 2. The number of ether oxygens (including phenoxy) is 2. The van der Waals surface area contributed by atoms with Gasteiger partial charge in [0.15, 0.2) is 6.10 Å².